The molecule has 152 valence electrons. The van der Waals surface area contributed by atoms with Crippen molar-refractivity contribution < 1.29 is 14.3 Å². The van der Waals surface area contributed by atoms with Gasteiger partial charge in [-0.2, -0.15) is 0 Å². The molecule has 8 nitrogen and oxygen atoms in total. The first-order chi connectivity index (χ1) is 13.5. The molecule has 8 heteroatoms. The summed E-state index contributed by atoms with van der Waals surface area (Å²) in [6, 6.07) is 7.07. The lowest BCUT2D eigenvalue weighted by molar-refractivity contribution is -0.119. The van der Waals surface area contributed by atoms with Crippen LogP contribution in [0.25, 0.3) is 0 Å². The number of methoxy groups -OCH3 is 1. The van der Waals surface area contributed by atoms with Crippen LogP contribution in [0.3, 0.4) is 0 Å². The predicted molar refractivity (Wildman–Crippen MR) is 108 cm³/mol. The summed E-state index contributed by atoms with van der Waals surface area (Å²) in [5.74, 6) is 1.48. The van der Waals surface area contributed by atoms with Gasteiger partial charge in [0.1, 0.15) is 5.75 Å². The molecular formula is C20H29N5O3. The zero-order chi connectivity index (χ0) is 20.0. The van der Waals surface area contributed by atoms with Crippen LogP contribution in [0.2, 0.25) is 0 Å². The predicted octanol–water partition coefficient (Wildman–Crippen LogP) is 0.603. The molecule has 2 saturated heterocycles. The molecule has 0 aromatic heterocycles. The highest BCUT2D eigenvalue weighted by Crippen LogP contribution is 2.35. The second-order valence-corrected chi connectivity index (χ2v) is 7.44. The first-order valence-corrected chi connectivity index (χ1v) is 9.70. The molecule has 3 rings (SSSR count). The van der Waals surface area contributed by atoms with Gasteiger partial charge in [-0.05, 0) is 31.0 Å². The Hall–Kier alpha value is -2.77. The lowest BCUT2D eigenvalue weighted by Gasteiger charge is -2.40. The number of rotatable bonds is 5. The highest BCUT2D eigenvalue weighted by atomic mass is 16.5. The van der Waals surface area contributed by atoms with Crippen molar-refractivity contribution in [1.29, 1.82) is 0 Å². The van der Waals surface area contributed by atoms with Gasteiger partial charge in [0.15, 0.2) is 5.96 Å². The van der Waals surface area contributed by atoms with Crippen LogP contribution >= 0.6 is 0 Å². The number of hydrogen-bond acceptors (Lipinski definition) is 4. The van der Waals surface area contributed by atoms with Gasteiger partial charge in [-0.3, -0.25) is 14.6 Å². The lowest BCUT2D eigenvalue weighted by atomic mass is 9.79. The van der Waals surface area contributed by atoms with E-state index in [-0.39, 0.29) is 17.2 Å². The van der Waals surface area contributed by atoms with Crippen molar-refractivity contribution in [3.8, 4) is 5.75 Å². The molecule has 2 heterocycles. The van der Waals surface area contributed by atoms with E-state index in [1.54, 1.807) is 38.4 Å². The third kappa shape index (κ3) is 4.74. The number of carbonyl (C=O) groups is 2. The molecule has 1 unspecified atom stereocenters. The molecule has 2 aliphatic heterocycles. The molecule has 2 amide bonds. The Balaban J connectivity index is 1.46. The van der Waals surface area contributed by atoms with E-state index in [2.05, 4.69) is 25.8 Å². The number of amides is 2. The summed E-state index contributed by atoms with van der Waals surface area (Å²) in [4.78, 5) is 30.5. The Bertz CT molecular complexity index is 751. The Labute approximate surface area is 165 Å². The number of ether oxygens (including phenoxy) is 1. The quantitative estimate of drug-likeness (QED) is 0.391. The van der Waals surface area contributed by atoms with Gasteiger partial charge in [0.25, 0.3) is 5.91 Å². The molecule has 0 aliphatic carbocycles. The molecular weight excluding hydrogens is 358 g/mol. The summed E-state index contributed by atoms with van der Waals surface area (Å²) in [5, 5.41) is 9.18. The van der Waals surface area contributed by atoms with Crippen LogP contribution in [0.5, 0.6) is 5.75 Å². The van der Waals surface area contributed by atoms with Crippen LogP contribution in [0.15, 0.2) is 29.3 Å². The maximum absolute atomic E-state index is 12.3. The minimum Gasteiger partial charge on any atom is -0.497 e. The highest BCUT2D eigenvalue weighted by molar-refractivity contribution is 5.94. The lowest BCUT2D eigenvalue weighted by Crippen LogP contribution is -2.52. The minimum absolute atomic E-state index is 0.0214. The van der Waals surface area contributed by atoms with Crippen molar-refractivity contribution in [2.75, 3.05) is 46.9 Å². The number of benzene rings is 1. The topological polar surface area (TPSA) is 95.1 Å². The Morgan fingerprint density at radius 1 is 1.36 bits per heavy atom. The number of guanidine groups is 1. The molecule has 2 fully saturated rings. The number of carbonyl (C=O) groups excluding carboxylic acids is 2. The summed E-state index contributed by atoms with van der Waals surface area (Å²) < 4.78 is 5.15. The van der Waals surface area contributed by atoms with E-state index in [9.17, 15) is 9.59 Å². The van der Waals surface area contributed by atoms with Crippen LogP contribution < -0.4 is 20.7 Å². The zero-order valence-corrected chi connectivity index (χ0v) is 16.6. The number of likely N-dealkylation sites (tertiary alicyclic amines) is 1. The summed E-state index contributed by atoms with van der Waals surface area (Å²) >= 11 is 0. The SMILES string of the molecule is CN=C(NCCNC(=O)c1cccc(OC)c1)N1CCCC2(CNC(=O)C2)C1. The van der Waals surface area contributed by atoms with Crippen molar-refractivity contribution >= 4 is 17.8 Å². The van der Waals surface area contributed by atoms with Crippen molar-refractivity contribution in [2.24, 2.45) is 10.4 Å². The fourth-order valence-corrected chi connectivity index (χ4v) is 3.98. The van der Waals surface area contributed by atoms with Gasteiger partial charge < -0.3 is 25.6 Å². The van der Waals surface area contributed by atoms with Gasteiger partial charge in [-0.15, -0.1) is 0 Å². The van der Waals surface area contributed by atoms with Gasteiger partial charge in [-0.25, -0.2) is 0 Å². The van der Waals surface area contributed by atoms with Gasteiger partial charge in [-0.1, -0.05) is 6.07 Å². The molecule has 3 N–H and O–H groups in total. The average Bonchev–Trinajstić information content (AvgIpc) is 3.07. The van der Waals surface area contributed by atoms with Crippen molar-refractivity contribution in [3.05, 3.63) is 29.8 Å². The fraction of sp³-hybridized carbons (Fsp3) is 0.550. The fourth-order valence-electron chi connectivity index (χ4n) is 3.98. The molecule has 1 spiro atoms. The number of piperidine rings is 1. The van der Waals surface area contributed by atoms with Gasteiger partial charge >= 0.3 is 0 Å². The molecule has 2 aliphatic rings. The van der Waals surface area contributed by atoms with Crippen molar-refractivity contribution in [2.45, 2.75) is 19.3 Å². The maximum Gasteiger partial charge on any atom is 0.251 e. The number of aliphatic imine (C=N–C) groups is 1. The van der Waals surface area contributed by atoms with Crippen LogP contribution in [0.1, 0.15) is 29.6 Å². The normalized spacial score (nSPS) is 22.1. The third-order valence-electron chi connectivity index (χ3n) is 5.39. The smallest absolute Gasteiger partial charge is 0.251 e. The Morgan fingerprint density at radius 3 is 2.89 bits per heavy atom. The van der Waals surface area contributed by atoms with E-state index >= 15 is 0 Å². The monoisotopic (exact) mass is 387 g/mol. The molecule has 1 aromatic carbocycles. The Morgan fingerprint density at radius 2 is 2.18 bits per heavy atom. The average molecular weight is 387 g/mol. The second kappa shape index (κ2) is 8.95. The molecule has 0 radical (unpaired) electrons. The molecule has 0 bridgehead atoms. The maximum atomic E-state index is 12.3. The second-order valence-electron chi connectivity index (χ2n) is 7.44. The van der Waals surface area contributed by atoms with E-state index in [0.717, 1.165) is 38.4 Å². The Kier molecular flexibility index (Phi) is 6.38. The summed E-state index contributed by atoms with van der Waals surface area (Å²) in [6.07, 6.45) is 2.70. The number of hydrogen-bond donors (Lipinski definition) is 3. The molecule has 28 heavy (non-hydrogen) atoms. The van der Waals surface area contributed by atoms with Gasteiger partial charge in [0.2, 0.25) is 5.91 Å². The molecule has 1 aromatic rings. The van der Waals surface area contributed by atoms with Crippen molar-refractivity contribution in [3.63, 3.8) is 0 Å². The zero-order valence-electron chi connectivity index (χ0n) is 16.6. The van der Waals surface area contributed by atoms with E-state index < -0.39 is 0 Å². The van der Waals surface area contributed by atoms with Crippen LogP contribution in [0.4, 0.5) is 0 Å². The first kappa shape index (κ1) is 20.0. The van der Waals surface area contributed by atoms with Crippen molar-refractivity contribution in [1.82, 2.24) is 20.9 Å². The van der Waals surface area contributed by atoms with Crippen LogP contribution in [-0.4, -0.2) is 69.6 Å². The number of nitrogens with zero attached hydrogens (tertiary/aromatic N) is 2. The first-order valence-electron chi connectivity index (χ1n) is 9.70. The standard InChI is InChI=1S/C20H29N5O3/c1-21-19(25-10-4-7-20(14-25)12-17(26)24-13-20)23-9-8-22-18(27)15-5-3-6-16(11-15)28-2/h3,5-6,11H,4,7-10,12-14H2,1-2H3,(H,21,23)(H,22,27)(H,24,26). The van der Waals surface area contributed by atoms with E-state index in [1.807, 2.05) is 0 Å². The number of nitrogens with one attached hydrogen (secondary N) is 3. The van der Waals surface area contributed by atoms with E-state index in [4.69, 9.17) is 4.74 Å². The highest BCUT2D eigenvalue weighted by Gasteiger charge is 2.42. The summed E-state index contributed by atoms with van der Waals surface area (Å²) in [6.45, 7) is 3.54. The van der Waals surface area contributed by atoms with Crippen LogP contribution in [0, 0.1) is 5.41 Å². The summed E-state index contributed by atoms with van der Waals surface area (Å²) in [7, 11) is 3.34. The third-order valence-corrected chi connectivity index (χ3v) is 5.39. The van der Waals surface area contributed by atoms with E-state index in [0.29, 0.717) is 30.8 Å². The molecule has 1 atom stereocenters. The summed E-state index contributed by atoms with van der Waals surface area (Å²) in [5.41, 5.74) is 0.591. The minimum atomic E-state index is -0.136. The largest absolute Gasteiger partial charge is 0.497 e. The van der Waals surface area contributed by atoms with Crippen LogP contribution in [-0.2, 0) is 4.79 Å². The van der Waals surface area contributed by atoms with Gasteiger partial charge in [0, 0.05) is 57.2 Å². The van der Waals surface area contributed by atoms with Gasteiger partial charge in [0.05, 0.1) is 7.11 Å². The van der Waals surface area contributed by atoms with E-state index in [1.165, 1.54) is 0 Å². The molecule has 0 saturated carbocycles.